The fraction of sp³-hybridized carbons (Fsp3) is 0.526. The highest BCUT2D eigenvalue weighted by Crippen LogP contribution is 2.31. The summed E-state index contributed by atoms with van der Waals surface area (Å²) in [4.78, 5) is 27.5. The summed E-state index contributed by atoms with van der Waals surface area (Å²) in [5, 5.41) is 2.76. The molecule has 1 aromatic carbocycles. The third-order valence-electron chi connectivity index (χ3n) is 3.76. The van der Waals surface area contributed by atoms with E-state index in [0.29, 0.717) is 6.61 Å². The number of carbonyl (C=O) groups is 2. The van der Waals surface area contributed by atoms with Gasteiger partial charge in [0.1, 0.15) is 0 Å². The molecule has 142 valence electrons. The van der Waals surface area contributed by atoms with E-state index in [0.717, 1.165) is 33.1 Å². The third kappa shape index (κ3) is 7.33. The second kappa shape index (κ2) is 11.2. The number of unbranched alkanes of at least 4 members (excludes halogenated alkanes) is 5. The van der Waals surface area contributed by atoms with Gasteiger partial charge in [0.25, 0.3) is 0 Å². The van der Waals surface area contributed by atoms with Gasteiger partial charge in [0.2, 0.25) is 5.91 Å². The fourth-order valence-electron chi connectivity index (χ4n) is 2.48. The molecule has 1 N–H and O–H groups in total. The highest BCUT2D eigenvalue weighted by Gasteiger charge is 2.09. The Morgan fingerprint density at radius 3 is 2.73 bits per heavy atom. The normalized spacial score (nSPS) is 10.8. The molecule has 0 radical (unpaired) electrons. The van der Waals surface area contributed by atoms with Gasteiger partial charge in [0.15, 0.2) is 4.34 Å². The first kappa shape index (κ1) is 20.7. The summed E-state index contributed by atoms with van der Waals surface area (Å²) in [5.74, 6) is -0.0212. The molecule has 2 rings (SSSR count). The van der Waals surface area contributed by atoms with E-state index in [-0.39, 0.29) is 17.6 Å². The van der Waals surface area contributed by atoms with Crippen LogP contribution in [0.4, 0.5) is 5.69 Å². The number of aromatic nitrogens is 1. The molecule has 0 aliphatic heterocycles. The quantitative estimate of drug-likeness (QED) is 0.320. The van der Waals surface area contributed by atoms with Crippen LogP contribution in [0.1, 0.15) is 52.4 Å². The van der Waals surface area contributed by atoms with E-state index in [2.05, 4.69) is 17.2 Å². The van der Waals surface area contributed by atoms with Crippen molar-refractivity contribution in [3.63, 3.8) is 0 Å². The minimum Gasteiger partial charge on any atom is -0.465 e. The molecule has 0 saturated carbocycles. The van der Waals surface area contributed by atoms with Crippen LogP contribution in [-0.2, 0) is 14.3 Å². The van der Waals surface area contributed by atoms with Crippen molar-refractivity contribution in [1.29, 1.82) is 0 Å². The molecule has 0 atom stereocenters. The number of hydrogen-bond acceptors (Lipinski definition) is 6. The molecule has 0 saturated heterocycles. The maximum atomic E-state index is 11.8. The number of amides is 1. The molecule has 1 aromatic heterocycles. The maximum Gasteiger partial charge on any atom is 0.316 e. The van der Waals surface area contributed by atoms with E-state index in [9.17, 15) is 9.59 Å². The van der Waals surface area contributed by atoms with Gasteiger partial charge in [0, 0.05) is 12.6 Å². The number of nitrogens with one attached hydrogen (secondary N) is 1. The van der Waals surface area contributed by atoms with E-state index in [1.165, 1.54) is 55.7 Å². The Bertz CT molecular complexity index is 731. The van der Waals surface area contributed by atoms with Crippen LogP contribution in [0.2, 0.25) is 0 Å². The summed E-state index contributed by atoms with van der Waals surface area (Å²) < 4.78 is 7.09. The Morgan fingerprint density at radius 1 is 1.19 bits per heavy atom. The second-order valence-corrected chi connectivity index (χ2v) is 8.37. The summed E-state index contributed by atoms with van der Waals surface area (Å²) in [6, 6.07) is 5.60. The van der Waals surface area contributed by atoms with Crippen LogP contribution in [0.15, 0.2) is 22.5 Å². The zero-order valence-corrected chi connectivity index (χ0v) is 17.0. The second-order valence-electron chi connectivity index (χ2n) is 6.12. The van der Waals surface area contributed by atoms with Gasteiger partial charge >= 0.3 is 5.97 Å². The van der Waals surface area contributed by atoms with Gasteiger partial charge in [-0.15, -0.1) is 11.3 Å². The number of hydrogen-bond donors (Lipinski definition) is 1. The average molecular weight is 395 g/mol. The topological polar surface area (TPSA) is 68.3 Å². The molecule has 0 fully saturated rings. The first-order valence-corrected chi connectivity index (χ1v) is 10.9. The van der Waals surface area contributed by atoms with Crippen molar-refractivity contribution in [2.45, 2.75) is 56.7 Å². The molecule has 2 aromatic rings. The smallest absolute Gasteiger partial charge is 0.316 e. The number of carbonyl (C=O) groups excluding carboxylic acids is 2. The van der Waals surface area contributed by atoms with Gasteiger partial charge < -0.3 is 10.1 Å². The summed E-state index contributed by atoms with van der Waals surface area (Å²) in [7, 11) is 0. The predicted octanol–water partition coefficient (Wildman–Crippen LogP) is 5.25. The largest absolute Gasteiger partial charge is 0.465 e. The molecule has 5 nitrogen and oxygen atoms in total. The molecule has 0 aliphatic rings. The van der Waals surface area contributed by atoms with Crippen LogP contribution in [0, 0.1) is 0 Å². The molecule has 1 heterocycles. The van der Waals surface area contributed by atoms with Gasteiger partial charge in [-0.3, -0.25) is 9.59 Å². The highest BCUT2D eigenvalue weighted by molar-refractivity contribution is 8.01. The van der Waals surface area contributed by atoms with Crippen LogP contribution >= 0.6 is 23.1 Å². The number of nitrogens with zero attached hydrogens (tertiary/aromatic N) is 1. The predicted molar refractivity (Wildman–Crippen MR) is 109 cm³/mol. The number of fused-ring (bicyclic) bond motifs is 1. The number of anilines is 1. The number of esters is 1. The molecular formula is C19H26N2O3S2. The van der Waals surface area contributed by atoms with E-state index in [1.807, 2.05) is 18.2 Å². The zero-order valence-electron chi connectivity index (χ0n) is 15.4. The van der Waals surface area contributed by atoms with Crippen LogP contribution in [0.3, 0.4) is 0 Å². The van der Waals surface area contributed by atoms with E-state index in [1.54, 1.807) is 0 Å². The third-order valence-corrected chi connectivity index (χ3v) is 5.90. The van der Waals surface area contributed by atoms with Crippen molar-refractivity contribution < 1.29 is 14.3 Å². The van der Waals surface area contributed by atoms with Crippen LogP contribution in [0.25, 0.3) is 10.2 Å². The van der Waals surface area contributed by atoms with Crippen LogP contribution < -0.4 is 5.32 Å². The Labute approximate surface area is 162 Å². The number of thioether (sulfide) groups is 1. The summed E-state index contributed by atoms with van der Waals surface area (Å²) >= 11 is 2.91. The lowest BCUT2D eigenvalue weighted by atomic mass is 10.1. The van der Waals surface area contributed by atoms with Crippen molar-refractivity contribution >= 4 is 50.9 Å². The molecule has 0 aliphatic carbocycles. The summed E-state index contributed by atoms with van der Waals surface area (Å²) in [6.07, 6.45) is 7.06. The Hall–Kier alpha value is -1.60. The average Bonchev–Trinajstić information content (AvgIpc) is 3.01. The molecule has 0 spiro atoms. The lowest BCUT2D eigenvalue weighted by Gasteiger charge is -2.03. The SMILES string of the molecule is CCCCCCCCOC(=O)CSc1nc2ccc(NC(C)=O)cc2s1. The monoisotopic (exact) mass is 394 g/mol. The number of thiazole rings is 1. The Morgan fingerprint density at radius 2 is 1.96 bits per heavy atom. The van der Waals surface area contributed by atoms with E-state index >= 15 is 0 Å². The molecule has 0 unspecified atom stereocenters. The van der Waals surface area contributed by atoms with Gasteiger partial charge in [-0.05, 0) is 24.6 Å². The Kier molecular flexibility index (Phi) is 8.91. The van der Waals surface area contributed by atoms with E-state index < -0.39 is 0 Å². The Balaban J connectivity index is 1.71. The fourth-order valence-corrected chi connectivity index (χ4v) is 4.38. The van der Waals surface area contributed by atoms with Crippen molar-refractivity contribution in [3.8, 4) is 0 Å². The van der Waals surface area contributed by atoms with Crippen LogP contribution in [-0.4, -0.2) is 29.2 Å². The minimum atomic E-state index is -0.193. The summed E-state index contributed by atoms with van der Waals surface area (Å²) in [5.41, 5.74) is 1.62. The first-order chi connectivity index (χ1) is 12.6. The maximum absolute atomic E-state index is 11.8. The first-order valence-electron chi connectivity index (χ1n) is 9.05. The number of benzene rings is 1. The van der Waals surface area contributed by atoms with Crippen molar-refractivity contribution in [1.82, 2.24) is 4.98 Å². The van der Waals surface area contributed by atoms with Crippen LogP contribution in [0.5, 0.6) is 0 Å². The minimum absolute atomic E-state index is 0.100. The molecule has 26 heavy (non-hydrogen) atoms. The van der Waals surface area contributed by atoms with Crippen molar-refractivity contribution in [2.24, 2.45) is 0 Å². The summed E-state index contributed by atoms with van der Waals surface area (Å²) in [6.45, 7) is 4.19. The van der Waals surface area contributed by atoms with Gasteiger partial charge in [0.05, 0.1) is 22.6 Å². The standard InChI is InChI=1S/C19H26N2O3S2/c1-3-4-5-6-7-8-11-24-18(23)13-25-19-21-16-10-9-15(20-14(2)22)12-17(16)26-19/h9-10,12H,3-8,11,13H2,1-2H3,(H,20,22). The van der Waals surface area contributed by atoms with Gasteiger partial charge in [-0.2, -0.15) is 0 Å². The molecule has 0 bridgehead atoms. The number of rotatable bonds is 11. The molecular weight excluding hydrogens is 368 g/mol. The van der Waals surface area contributed by atoms with Crippen molar-refractivity contribution in [3.05, 3.63) is 18.2 Å². The van der Waals surface area contributed by atoms with E-state index in [4.69, 9.17) is 4.74 Å². The lowest BCUT2D eigenvalue weighted by Crippen LogP contribution is -2.08. The zero-order chi connectivity index (χ0) is 18.8. The molecule has 1 amide bonds. The number of ether oxygens (including phenoxy) is 1. The molecule has 7 heteroatoms. The highest BCUT2D eigenvalue weighted by atomic mass is 32.2. The lowest BCUT2D eigenvalue weighted by molar-refractivity contribution is -0.140. The van der Waals surface area contributed by atoms with Gasteiger partial charge in [-0.25, -0.2) is 4.98 Å². The van der Waals surface area contributed by atoms with Gasteiger partial charge in [-0.1, -0.05) is 50.8 Å². The van der Waals surface area contributed by atoms with Crippen molar-refractivity contribution in [2.75, 3.05) is 17.7 Å².